The van der Waals surface area contributed by atoms with Gasteiger partial charge in [0.1, 0.15) is 0 Å². The van der Waals surface area contributed by atoms with Crippen LogP contribution in [0.25, 0.3) is 11.6 Å². The second-order valence-electron chi connectivity index (χ2n) is 7.59. The van der Waals surface area contributed by atoms with Crippen LogP contribution in [-0.2, 0) is 17.8 Å². The molecule has 5 nitrogen and oxygen atoms in total. The Morgan fingerprint density at radius 2 is 1.58 bits per heavy atom. The fourth-order valence-corrected chi connectivity index (χ4v) is 3.91. The molecule has 0 radical (unpaired) electrons. The largest absolute Gasteiger partial charge is 0.334 e. The molecule has 156 valence electrons. The molecular formula is C26H24N2O3. The van der Waals surface area contributed by atoms with E-state index in [-0.39, 0.29) is 5.91 Å². The summed E-state index contributed by atoms with van der Waals surface area (Å²) in [5.41, 5.74) is 6.58. The molecule has 0 aliphatic carbocycles. The molecular weight excluding hydrogens is 388 g/mol. The Morgan fingerprint density at radius 1 is 0.871 bits per heavy atom. The van der Waals surface area contributed by atoms with Crippen molar-refractivity contribution in [2.75, 3.05) is 6.54 Å². The Balaban J connectivity index is 1.69. The zero-order valence-corrected chi connectivity index (χ0v) is 17.1. The van der Waals surface area contributed by atoms with Crippen molar-refractivity contribution in [3.05, 3.63) is 107 Å². The van der Waals surface area contributed by atoms with Gasteiger partial charge in [-0.05, 0) is 53.3 Å². The monoisotopic (exact) mass is 412 g/mol. The van der Waals surface area contributed by atoms with E-state index in [0.29, 0.717) is 24.2 Å². The second kappa shape index (κ2) is 9.41. The first kappa shape index (κ1) is 20.6. The van der Waals surface area contributed by atoms with Crippen LogP contribution in [0.4, 0.5) is 0 Å². The first-order chi connectivity index (χ1) is 15.2. The standard InChI is InChI=1S/C26H24N2O3/c29-25(27-31)22-14-13-20-12-7-15-28(18-23(20)17-22)26(30)24(21-10-5-2-6-11-21)16-19-8-3-1-4-9-19/h1-6,8-11,13-14,16-17,31H,7,12,15,18H2,(H,27,29)/b24-16-. The number of hydrogen-bond donors (Lipinski definition) is 2. The van der Waals surface area contributed by atoms with Crippen molar-refractivity contribution in [1.29, 1.82) is 0 Å². The Bertz CT molecular complexity index is 1110. The third kappa shape index (κ3) is 4.73. The third-order valence-electron chi connectivity index (χ3n) is 5.52. The van der Waals surface area contributed by atoms with E-state index < -0.39 is 5.91 Å². The molecule has 0 saturated carbocycles. The van der Waals surface area contributed by atoms with E-state index in [1.54, 1.807) is 17.6 Å². The Labute approximate surface area is 181 Å². The lowest BCUT2D eigenvalue weighted by Gasteiger charge is -2.23. The van der Waals surface area contributed by atoms with Crippen LogP contribution in [0, 0.1) is 0 Å². The molecule has 1 aliphatic rings. The molecule has 2 amide bonds. The van der Waals surface area contributed by atoms with Gasteiger partial charge in [-0.25, -0.2) is 5.48 Å². The fourth-order valence-electron chi connectivity index (χ4n) is 3.91. The molecule has 3 aromatic rings. The second-order valence-corrected chi connectivity index (χ2v) is 7.59. The predicted molar refractivity (Wildman–Crippen MR) is 120 cm³/mol. The molecule has 5 heteroatoms. The van der Waals surface area contributed by atoms with E-state index in [4.69, 9.17) is 5.21 Å². The van der Waals surface area contributed by atoms with Gasteiger partial charge in [-0.3, -0.25) is 14.8 Å². The summed E-state index contributed by atoms with van der Waals surface area (Å²) in [4.78, 5) is 27.4. The third-order valence-corrected chi connectivity index (χ3v) is 5.52. The van der Waals surface area contributed by atoms with Gasteiger partial charge in [-0.15, -0.1) is 0 Å². The lowest BCUT2D eigenvalue weighted by molar-refractivity contribution is -0.125. The lowest BCUT2D eigenvalue weighted by Crippen LogP contribution is -2.31. The van der Waals surface area contributed by atoms with E-state index in [9.17, 15) is 9.59 Å². The molecule has 2 N–H and O–H groups in total. The molecule has 3 aromatic carbocycles. The van der Waals surface area contributed by atoms with E-state index in [1.165, 1.54) is 0 Å². The number of nitrogens with one attached hydrogen (secondary N) is 1. The maximum absolute atomic E-state index is 13.7. The van der Waals surface area contributed by atoms with Gasteiger partial charge in [0.25, 0.3) is 11.8 Å². The van der Waals surface area contributed by atoms with Crippen LogP contribution in [0.5, 0.6) is 0 Å². The molecule has 0 atom stereocenters. The number of rotatable bonds is 4. The number of aryl methyl sites for hydroxylation is 1. The summed E-state index contributed by atoms with van der Waals surface area (Å²) >= 11 is 0. The molecule has 1 aliphatic heterocycles. The summed E-state index contributed by atoms with van der Waals surface area (Å²) in [7, 11) is 0. The predicted octanol–water partition coefficient (Wildman–Crippen LogP) is 4.32. The Kier molecular flexibility index (Phi) is 6.24. The first-order valence-corrected chi connectivity index (χ1v) is 10.3. The van der Waals surface area contributed by atoms with Crippen molar-refractivity contribution in [3.63, 3.8) is 0 Å². The molecule has 4 rings (SSSR count). The minimum Gasteiger partial charge on any atom is -0.334 e. The summed E-state index contributed by atoms with van der Waals surface area (Å²) in [6.07, 6.45) is 3.61. The number of hydrogen-bond acceptors (Lipinski definition) is 3. The zero-order chi connectivity index (χ0) is 21.6. The van der Waals surface area contributed by atoms with Gasteiger partial charge in [0, 0.05) is 24.2 Å². The number of nitrogens with zero attached hydrogens (tertiary/aromatic N) is 1. The van der Waals surface area contributed by atoms with Crippen LogP contribution in [0.3, 0.4) is 0 Å². The van der Waals surface area contributed by atoms with Crippen LogP contribution in [0.2, 0.25) is 0 Å². The summed E-state index contributed by atoms with van der Waals surface area (Å²) in [5.74, 6) is -0.598. The number of hydroxylamine groups is 1. The molecule has 31 heavy (non-hydrogen) atoms. The molecule has 0 spiro atoms. The summed E-state index contributed by atoms with van der Waals surface area (Å²) in [6.45, 7) is 1.05. The number of carbonyl (C=O) groups is 2. The fraction of sp³-hybridized carbons (Fsp3) is 0.154. The van der Waals surface area contributed by atoms with Gasteiger partial charge < -0.3 is 4.90 Å². The topological polar surface area (TPSA) is 69.6 Å². The van der Waals surface area contributed by atoms with Crippen LogP contribution in [-0.4, -0.2) is 28.5 Å². The van der Waals surface area contributed by atoms with Gasteiger partial charge in [-0.2, -0.15) is 0 Å². The lowest BCUT2D eigenvalue weighted by atomic mass is 10.00. The van der Waals surface area contributed by atoms with E-state index in [0.717, 1.165) is 35.1 Å². The Hall–Kier alpha value is -3.70. The van der Waals surface area contributed by atoms with Gasteiger partial charge >= 0.3 is 0 Å². The van der Waals surface area contributed by atoms with Crippen LogP contribution < -0.4 is 5.48 Å². The molecule has 0 saturated heterocycles. The summed E-state index contributed by atoms with van der Waals surface area (Å²) in [5, 5.41) is 8.96. The van der Waals surface area contributed by atoms with Crippen molar-refractivity contribution in [2.24, 2.45) is 0 Å². The van der Waals surface area contributed by atoms with Crippen molar-refractivity contribution < 1.29 is 14.8 Å². The molecule has 0 aromatic heterocycles. The maximum atomic E-state index is 13.7. The number of amides is 2. The highest BCUT2D eigenvalue weighted by Gasteiger charge is 2.23. The van der Waals surface area contributed by atoms with Gasteiger partial charge in [0.15, 0.2) is 0 Å². The molecule has 0 bridgehead atoms. The van der Waals surface area contributed by atoms with Crippen molar-refractivity contribution in [1.82, 2.24) is 10.4 Å². The quantitative estimate of drug-likeness (QED) is 0.290. The zero-order valence-electron chi connectivity index (χ0n) is 17.1. The van der Waals surface area contributed by atoms with Crippen molar-refractivity contribution in [3.8, 4) is 0 Å². The highest BCUT2D eigenvalue weighted by Crippen LogP contribution is 2.26. The van der Waals surface area contributed by atoms with Gasteiger partial charge in [0.05, 0.1) is 0 Å². The minimum atomic E-state index is -0.557. The first-order valence-electron chi connectivity index (χ1n) is 10.3. The van der Waals surface area contributed by atoms with Crippen LogP contribution in [0.1, 0.15) is 39.0 Å². The van der Waals surface area contributed by atoms with Gasteiger partial charge in [-0.1, -0.05) is 66.7 Å². The molecule has 0 unspecified atom stereocenters. The number of fused-ring (bicyclic) bond motifs is 1. The SMILES string of the molecule is O=C(NO)c1ccc2c(c1)CN(C(=O)/C(=C\c1ccccc1)c1ccccc1)CCC2. The van der Waals surface area contributed by atoms with Crippen molar-refractivity contribution in [2.45, 2.75) is 19.4 Å². The minimum absolute atomic E-state index is 0.0417. The van der Waals surface area contributed by atoms with Crippen LogP contribution >= 0.6 is 0 Å². The van der Waals surface area contributed by atoms with Crippen molar-refractivity contribution >= 4 is 23.5 Å². The van der Waals surface area contributed by atoms with E-state index in [1.807, 2.05) is 77.7 Å². The summed E-state index contributed by atoms with van der Waals surface area (Å²) in [6, 6.07) is 24.9. The average molecular weight is 412 g/mol. The maximum Gasteiger partial charge on any atom is 0.274 e. The summed E-state index contributed by atoms with van der Waals surface area (Å²) < 4.78 is 0. The molecule has 0 fully saturated rings. The Morgan fingerprint density at radius 3 is 2.29 bits per heavy atom. The van der Waals surface area contributed by atoms with E-state index >= 15 is 0 Å². The normalized spacial score (nSPS) is 13.8. The number of benzene rings is 3. The van der Waals surface area contributed by atoms with E-state index in [2.05, 4.69) is 0 Å². The highest BCUT2D eigenvalue weighted by atomic mass is 16.5. The molecule has 1 heterocycles. The highest BCUT2D eigenvalue weighted by molar-refractivity contribution is 6.24. The average Bonchev–Trinajstić information content (AvgIpc) is 3.05. The number of carbonyl (C=O) groups excluding carboxylic acids is 2. The smallest absolute Gasteiger partial charge is 0.274 e. The van der Waals surface area contributed by atoms with Crippen LogP contribution in [0.15, 0.2) is 78.9 Å². The van der Waals surface area contributed by atoms with Gasteiger partial charge in [0.2, 0.25) is 0 Å².